The fourth-order valence-electron chi connectivity index (χ4n) is 3.31. The second-order valence-corrected chi connectivity index (χ2v) is 7.28. The molecule has 0 aromatic heterocycles. The highest BCUT2D eigenvalue weighted by Gasteiger charge is 2.36. The second-order valence-electron chi connectivity index (χ2n) is 7.28. The van der Waals surface area contributed by atoms with Gasteiger partial charge in [-0.3, -0.25) is 4.90 Å². The molecule has 3 heteroatoms. The van der Waals surface area contributed by atoms with Crippen LogP contribution in [0, 0.1) is 11.8 Å². The van der Waals surface area contributed by atoms with E-state index < -0.39 is 0 Å². The van der Waals surface area contributed by atoms with Crippen molar-refractivity contribution in [2.75, 3.05) is 39.8 Å². The van der Waals surface area contributed by atoms with Gasteiger partial charge in [0.25, 0.3) is 0 Å². The zero-order valence-electron chi connectivity index (χ0n) is 13.8. The average molecular weight is 269 g/mol. The molecule has 0 bridgehead atoms. The van der Waals surface area contributed by atoms with Crippen LogP contribution >= 0.6 is 0 Å². The zero-order chi connectivity index (χ0) is 14.5. The van der Waals surface area contributed by atoms with Crippen molar-refractivity contribution >= 4 is 0 Å². The molecule has 1 saturated heterocycles. The molecule has 0 radical (unpaired) electrons. The van der Waals surface area contributed by atoms with E-state index in [0.717, 1.165) is 6.54 Å². The maximum absolute atomic E-state index is 6.25. The summed E-state index contributed by atoms with van der Waals surface area (Å²) in [7, 11) is 2.24. The number of hydrogen-bond donors (Lipinski definition) is 1. The molecule has 1 atom stereocenters. The van der Waals surface area contributed by atoms with E-state index in [4.69, 9.17) is 5.73 Å². The highest BCUT2D eigenvalue weighted by atomic mass is 15.2. The van der Waals surface area contributed by atoms with Gasteiger partial charge in [0.1, 0.15) is 0 Å². The van der Waals surface area contributed by atoms with Gasteiger partial charge in [0.2, 0.25) is 0 Å². The van der Waals surface area contributed by atoms with Crippen LogP contribution in [0.4, 0.5) is 0 Å². The maximum Gasteiger partial charge on any atom is 0.0344 e. The molecule has 0 saturated carbocycles. The van der Waals surface area contributed by atoms with Crippen LogP contribution in [0.3, 0.4) is 0 Å². The summed E-state index contributed by atoms with van der Waals surface area (Å²) in [6, 6.07) is 0. The van der Waals surface area contributed by atoms with Crippen LogP contribution in [0.5, 0.6) is 0 Å². The Morgan fingerprint density at radius 3 is 2.11 bits per heavy atom. The van der Waals surface area contributed by atoms with Crippen LogP contribution in [0.2, 0.25) is 0 Å². The van der Waals surface area contributed by atoms with Gasteiger partial charge in [-0.1, -0.05) is 27.7 Å². The van der Waals surface area contributed by atoms with E-state index in [1.807, 2.05) is 0 Å². The summed E-state index contributed by atoms with van der Waals surface area (Å²) >= 11 is 0. The van der Waals surface area contributed by atoms with Gasteiger partial charge in [-0.15, -0.1) is 0 Å². The largest absolute Gasteiger partial charge is 0.329 e. The molecule has 2 N–H and O–H groups in total. The zero-order valence-corrected chi connectivity index (χ0v) is 13.8. The van der Waals surface area contributed by atoms with E-state index in [0.29, 0.717) is 11.8 Å². The standard InChI is InChI=1S/C16H35N3/c1-14(2)11-19(12-15(3)4)16(13-17)7-6-9-18(5)10-8-16/h14-15H,6-13,17H2,1-5H3. The van der Waals surface area contributed by atoms with Gasteiger partial charge in [-0.25, -0.2) is 0 Å². The summed E-state index contributed by atoms with van der Waals surface area (Å²) in [5.74, 6) is 1.42. The summed E-state index contributed by atoms with van der Waals surface area (Å²) in [5.41, 5.74) is 6.48. The molecule has 1 rings (SSSR count). The summed E-state index contributed by atoms with van der Waals surface area (Å²) < 4.78 is 0. The van der Waals surface area contributed by atoms with Crippen molar-refractivity contribution in [3.8, 4) is 0 Å². The number of hydrogen-bond acceptors (Lipinski definition) is 3. The molecule has 1 heterocycles. The van der Waals surface area contributed by atoms with E-state index in [9.17, 15) is 0 Å². The highest BCUT2D eigenvalue weighted by Crippen LogP contribution is 2.29. The molecule has 1 unspecified atom stereocenters. The van der Waals surface area contributed by atoms with Gasteiger partial charge >= 0.3 is 0 Å². The van der Waals surface area contributed by atoms with Gasteiger partial charge in [0.05, 0.1) is 0 Å². The van der Waals surface area contributed by atoms with Gasteiger partial charge < -0.3 is 10.6 Å². The lowest BCUT2D eigenvalue weighted by atomic mass is 9.87. The monoisotopic (exact) mass is 269 g/mol. The number of likely N-dealkylation sites (tertiary alicyclic amines) is 1. The maximum atomic E-state index is 6.25. The van der Waals surface area contributed by atoms with Crippen LogP contribution in [0.1, 0.15) is 47.0 Å². The predicted molar refractivity (Wildman–Crippen MR) is 84.4 cm³/mol. The third-order valence-corrected chi connectivity index (χ3v) is 4.36. The first-order chi connectivity index (χ1) is 8.89. The third-order valence-electron chi connectivity index (χ3n) is 4.36. The summed E-state index contributed by atoms with van der Waals surface area (Å²) in [6.07, 6.45) is 3.76. The first kappa shape index (κ1) is 16.9. The SMILES string of the molecule is CC(C)CN(CC(C)C)C1(CN)CCCN(C)CC1. The Kier molecular flexibility index (Phi) is 6.78. The van der Waals surface area contributed by atoms with Crippen molar-refractivity contribution in [2.45, 2.75) is 52.5 Å². The van der Waals surface area contributed by atoms with Crippen molar-refractivity contribution in [2.24, 2.45) is 17.6 Å². The molecule has 1 aliphatic heterocycles. The fourth-order valence-corrected chi connectivity index (χ4v) is 3.31. The first-order valence-electron chi connectivity index (χ1n) is 8.03. The lowest BCUT2D eigenvalue weighted by Gasteiger charge is -2.45. The van der Waals surface area contributed by atoms with E-state index in [2.05, 4.69) is 44.5 Å². The van der Waals surface area contributed by atoms with Gasteiger partial charge in [-0.2, -0.15) is 0 Å². The minimum Gasteiger partial charge on any atom is -0.329 e. The average Bonchev–Trinajstić information content (AvgIpc) is 2.50. The van der Waals surface area contributed by atoms with E-state index >= 15 is 0 Å². The van der Waals surface area contributed by atoms with Crippen LogP contribution in [-0.4, -0.2) is 55.1 Å². The molecule has 19 heavy (non-hydrogen) atoms. The molecule has 0 spiro atoms. The Balaban J connectivity index is 2.85. The molecular weight excluding hydrogens is 234 g/mol. The van der Waals surface area contributed by atoms with Gasteiger partial charge in [-0.05, 0) is 51.2 Å². The van der Waals surface area contributed by atoms with Crippen molar-refractivity contribution in [1.82, 2.24) is 9.80 Å². The minimum atomic E-state index is 0.235. The van der Waals surface area contributed by atoms with Crippen LogP contribution < -0.4 is 5.73 Å². The Morgan fingerprint density at radius 2 is 1.63 bits per heavy atom. The fraction of sp³-hybridized carbons (Fsp3) is 1.00. The van der Waals surface area contributed by atoms with Crippen LogP contribution in [0.25, 0.3) is 0 Å². The lowest BCUT2D eigenvalue weighted by molar-refractivity contribution is 0.0551. The summed E-state index contributed by atoms with van der Waals surface area (Å²) in [5, 5.41) is 0. The Bertz CT molecular complexity index is 242. The van der Waals surface area contributed by atoms with Gasteiger partial charge in [0, 0.05) is 25.2 Å². The van der Waals surface area contributed by atoms with Crippen molar-refractivity contribution in [3.05, 3.63) is 0 Å². The second kappa shape index (κ2) is 7.61. The molecule has 0 amide bonds. The normalized spacial score (nSPS) is 26.4. The quantitative estimate of drug-likeness (QED) is 0.804. The molecular formula is C16H35N3. The van der Waals surface area contributed by atoms with Crippen LogP contribution in [0.15, 0.2) is 0 Å². The highest BCUT2D eigenvalue weighted by molar-refractivity contribution is 4.95. The summed E-state index contributed by atoms with van der Waals surface area (Å²) in [4.78, 5) is 5.17. The number of nitrogens with two attached hydrogens (primary N) is 1. The predicted octanol–water partition coefficient (Wildman–Crippen LogP) is 2.41. The van der Waals surface area contributed by atoms with E-state index in [-0.39, 0.29) is 5.54 Å². The van der Waals surface area contributed by atoms with Gasteiger partial charge in [0.15, 0.2) is 0 Å². The number of nitrogens with zero attached hydrogens (tertiary/aromatic N) is 2. The van der Waals surface area contributed by atoms with Crippen molar-refractivity contribution in [1.29, 1.82) is 0 Å². The Morgan fingerprint density at radius 1 is 1.05 bits per heavy atom. The molecule has 3 nitrogen and oxygen atoms in total. The molecule has 1 fully saturated rings. The topological polar surface area (TPSA) is 32.5 Å². The summed E-state index contributed by atoms with van der Waals surface area (Å²) in [6.45, 7) is 14.8. The molecule has 0 aliphatic carbocycles. The number of rotatable bonds is 6. The van der Waals surface area contributed by atoms with E-state index in [1.165, 1.54) is 45.4 Å². The Hall–Kier alpha value is -0.120. The Labute approximate surface area is 120 Å². The molecule has 114 valence electrons. The smallest absolute Gasteiger partial charge is 0.0344 e. The lowest BCUT2D eigenvalue weighted by Crippen LogP contribution is -2.56. The molecule has 0 aromatic carbocycles. The first-order valence-corrected chi connectivity index (χ1v) is 8.03. The van der Waals surface area contributed by atoms with Crippen molar-refractivity contribution < 1.29 is 0 Å². The third kappa shape index (κ3) is 5.05. The molecule has 1 aliphatic rings. The van der Waals surface area contributed by atoms with Crippen molar-refractivity contribution in [3.63, 3.8) is 0 Å². The van der Waals surface area contributed by atoms with Crippen LogP contribution in [-0.2, 0) is 0 Å². The van der Waals surface area contributed by atoms with E-state index in [1.54, 1.807) is 0 Å². The molecule has 0 aromatic rings. The minimum absolute atomic E-state index is 0.235.